The lowest BCUT2D eigenvalue weighted by atomic mass is 10.3. The van der Waals surface area contributed by atoms with Crippen molar-refractivity contribution in [2.45, 2.75) is 0 Å². The second-order valence-electron chi connectivity index (χ2n) is 3.07. The predicted octanol–water partition coefficient (Wildman–Crippen LogP) is -1.11. The molecular formula is C8H14N2O4. The summed E-state index contributed by atoms with van der Waals surface area (Å²) >= 11 is 0. The Morgan fingerprint density at radius 3 is 2.86 bits per heavy atom. The molecule has 0 aromatic heterocycles. The van der Waals surface area contributed by atoms with Crippen LogP contribution >= 0.6 is 0 Å². The number of hydrogen-bond donors (Lipinski definition) is 1. The zero-order valence-corrected chi connectivity index (χ0v) is 8.10. The molecule has 0 saturated carbocycles. The summed E-state index contributed by atoms with van der Waals surface area (Å²) in [6, 6.07) is 0. The van der Waals surface area contributed by atoms with Gasteiger partial charge in [0.25, 0.3) is 0 Å². The average Bonchev–Trinajstić information content (AvgIpc) is 2.18. The maximum Gasteiger partial charge on any atom is 0.410 e. The van der Waals surface area contributed by atoms with E-state index in [-0.39, 0.29) is 25.7 Å². The SMILES string of the molecule is CN1CCN(C(=O)OCCO)CC1=O. The van der Waals surface area contributed by atoms with E-state index in [2.05, 4.69) is 4.74 Å². The summed E-state index contributed by atoms with van der Waals surface area (Å²) in [5.41, 5.74) is 0. The van der Waals surface area contributed by atoms with E-state index < -0.39 is 6.09 Å². The number of hydrogen-bond acceptors (Lipinski definition) is 4. The van der Waals surface area contributed by atoms with E-state index in [1.54, 1.807) is 11.9 Å². The number of amides is 2. The van der Waals surface area contributed by atoms with E-state index in [0.717, 1.165) is 0 Å². The molecule has 1 fully saturated rings. The lowest BCUT2D eigenvalue weighted by Crippen LogP contribution is -2.50. The van der Waals surface area contributed by atoms with Crippen LogP contribution in [0.4, 0.5) is 4.79 Å². The molecule has 2 amide bonds. The Balaban J connectivity index is 2.38. The van der Waals surface area contributed by atoms with E-state index in [4.69, 9.17) is 5.11 Å². The Kier molecular flexibility index (Phi) is 3.70. The smallest absolute Gasteiger partial charge is 0.410 e. The van der Waals surface area contributed by atoms with Crippen molar-refractivity contribution in [3.8, 4) is 0 Å². The van der Waals surface area contributed by atoms with Gasteiger partial charge in [-0.3, -0.25) is 9.69 Å². The number of aliphatic hydroxyl groups excluding tert-OH is 1. The molecule has 0 unspecified atom stereocenters. The first kappa shape index (κ1) is 10.8. The van der Waals surface area contributed by atoms with Crippen LogP contribution in [0.15, 0.2) is 0 Å². The maximum atomic E-state index is 11.2. The summed E-state index contributed by atoms with van der Waals surface area (Å²) in [5, 5.41) is 8.44. The summed E-state index contributed by atoms with van der Waals surface area (Å²) in [6.07, 6.45) is -0.541. The van der Waals surface area contributed by atoms with Gasteiger partial charge in [-0.1, -0.05) is 0 Å². The molecule has 0 bridgehead atoms. The quantitative estimate of drug-likeness (QED) is 0.616. The average molecular weight is 202 g/mol. The van der Waals surface area contributed by atoms with Crippen LogP contribution in [-0.2, 0) is 9.53 Å². The van der Waals surface area contributed by atoms with Crippen molar-refractivity contribution < 1.29 is 19.4 Å². The molecule has 1 N–H and O–H groups in total. The molecule has 0 spiro atoms. The third-order valence-corrected chi connectivity index (χ3v) is 2.03. The third kappa shape index (κ3) is 2.59. The number of carbonyl (C=O) groups is 2. The van der Waals surface area contributed by atoms with Gasteiger partial charge in [-0.25, -0.2) is 4.79 Å². The summed E-state index contributed by atoms with van der Waals surface area (Å²) in [7, 11) is 1.69. The van der Waals surface area contributed by atoms with Gasteiger partial charge in [0.1, 0.15) is 13.2 Å². The van der Waals surface area contributed by atoms with E-state index in [1.807, 2.05) is 0 Å². The van der Waals surface area contributed by atoms with Gasteiger partial charge in [0.2, 0.25) is 5.91 Å². The second kappa shape index (κ2) is 4.80. The van der Waals surface area contributed by atoms with Crippen molar-refractivity contribution in [3.05, 3.63) is 0 Å². The van der Waals surface area contributed by atoms with Gasteiger partial charge in [0.15, 0.2) is 0 Å². The Hall–Kier alpha value is -1.30. The van der Waals surface area contributed by atoms with Crippen molar-refractivity contribution in [1.82, 2.24) is 9.80 Å². The molecule has 0 aliphatic carbocycles. The molecule has 1 heterocycles. The van der Waals surface area contributed by atoms with Crippen LogP contribution in [-0.4, -0.2) is 66.8 Å². The van der Waals surface area contributed by atoms with E-state index in [9.17, 15) is 9.59 Å². The van der Waals surface area contributed by atoms with Crippen LogP contribution in [0.5, 0.6) is 0 Å². The highest BCUT2D eigenvalue weighted by Crippen LogP contribution is 2.02. The minimum Gasteiger partial charge on any atom is -0.447 e. The number of likely N-dealkylation sites (N-methyl/N-ethyl adjacent to an activating group) is 1. The van der Waals surface area contributed by atoms with Crippen molar-refractivity contribution in [2.24, 2.45) is 0 Å². The number of aliphatic hydroxyl groups is 1. The van der Waals surface area contributed by atoms with E-state index in [1.165, 1.54) is 4.90 Å². The molecule has 0 aromatic carbocycles. The normalized spacial score (nSPS) is 17.1. The van der Waals surface area contributed by atoms with E-state index >= 15 is 0 Å². The van der Waals surface area contributed by atoms with Gasteiger partial charge in [0, 0.05) is 20.1 Å². The van der Waals surface area contributed by atoms with Crippen molar-refractivity contribution >= 4 is 12.0 Å². The first-order valence-electron chi connectivity index (χ1n) is 4.41. The largest absolute Gasteiger partial charge is 0.447 e. The first-order chi connectivity index (χ1) is 6.65. The third-order valence-electron chi connectivity index (χ3n) is 2.03. The summed E-state index contributed by atoms with van der Waals surface area (Å²) in [5.74, 6) is -0.0998. The van der Waals surface area contributed by atoms with Gasteiger partial charge in [0.05, 0.1) is 6.61 Å². The molecule has 1 rings (SSSR count). The molecule has 14 heavy (non-hydrogen) atoms. The molecular weight excluding hydrogens is 188 g/mol. The molecule has 0 radical (unpaired) electrons. The Morgan fingerprint density at radius 2 is 2.29 bits per heavy atom. The van der Waals surface area contributed by atoms with Crippen LogP contribution in [0.2, 0.25) is 0 Å². The number of nitrogens with zero attached hydrogens (tertiary/aromatic N) is 2. The van der Waals surface area contributed by atoms with Crippen molar-refractivity contribution in [3.63, 3.8) is 0 Å². The zero-order chi connectivity index (χ0) is 10.6. The fourth-order valence-electron chi connectivity index (χ4n) is 1.14. The Morgan fingerprint density at radius 1 is 1.57 bits per heavy atom. The topological polar surface area (TPSA) is 70.1 Å². The highest BCUT2D eigenvalue weighted by molar-refractivity contribution is 5.83. The van der Waals surface area contributed by atoms with Crippen LogP contribution in [0.1, 0.15) is 0 Å². The number of rotatable bonds is 2. The molecule has 0 atom stereocenters. The highest BCUT2D eigenvalue weighted by Gasteiger charge is 2.25. The van der Waals surface area contributed by atoms with Gasteiger partial charge < -0.3 is 14.7 Å². The van der Waals surface area contributed by atoms with Crippen molar-refractivity contribution in [2.75, 3.05) is 39.9 Å². The monoisotopic (exact) mass is 202 g/mol. The Labute approximate surface area is 82.0 Å². The lowest BCUT2D eigenvalue weighted by Gasteiger charge is -2.31. The summed E-state index contributed by atoms with van der Waals surface area (Å²) in [4.78, 5) is 25.3. The van der Waals surface area contributed by atoms with Gasteiger partial charge in [-0.15, -0.1) is 0 Å². The first-order valence-corrected chi connectivity index (χ1v) is 4.41. The molecule has 0 aromatic rings. The molecule has 1 saturated heterocycles. The highest BCUT2D eigenvalue weighted by atomic mass is 16.6. The molecule has 1 aliphatic heterocycles. The second-order valence-corrected chi connectivity index (χ2v) is 3.07. The van der Waals surface area contributed by atoms with Gasteiger partial charge in [-0.2, -0.15) is 0 Å². The van der Waals surface area contributed by atoms with Gasteiger partial charge >= 0.3 is 6.09 Å². The predicted molar refractivity (Wildman–Crippen MR) is 47.6 cm³/mol. The van der Waals surface area contributed by atoms with Gasteiger partial charge in [-0.05, 0) is 0 Å². The maximum absolute atomic E-state index is 11.2. The summed E-state index contributed by atoms with van der Waals surface area (Å²) < 4.78 is 4.68. The minimum atomic E-state index is -0.541. The van der Waals surface area contributed by atoms with E-state index in [0.29, 0.717) is 13.1 Å². The minimum absolute atomic E-state index is 0.0284. The molecule has 6 heteroatoms. The van der Waals surface area contributed by atoms with Crippen molar-refractivity contribution in [1.29, 1.82) is 0 Å². The van der Waals surface area contributed by atoms with Crippen LogP contribution in [0.25, 0.3) is 0 Å². The number of piperazine rings is 1. The Bertz CT molecular complexity index is 231. The standard InChI is InChI=1S/C8H14N2O4/c1-9-2-3-10(6-7(9)12)8(13)14-5-4-11/h11H,2-6H2,1H3. The number of carbonyl (C=O) groups excluding carboxylic acids is 2. The van der Waals surface area contributed by atoms with Crippen LogP contribution < -0.4 is 0 Å². The zero-order valence-electron chi connectivity index (χ0n) is 8.10. The fraction of sp³-hybridized carbons (Fsp3) is 0.750. The van der Waals surface area contributed by atoms with Crippen LogP contribution in [0.3, 0.4) is 0 Å². The van der Waals surface area contributed by atoms with Crippen LogP contribution in [0, 0.1) is 0 Å². The fourth-order valence-corrected chi connectivity index (χ4v) is 1.14. The number of ether oxygens (including phenoxy) is 1. The summed E-state index contributed by atoms with van der Waals surface area (Å²) in [6.45, 7) is 0.827. The lowest BCUT2D eigenvalue weighted by molar-refractivity contribution is -0.133. The molecule has 80 valence electrons. The molecule has 1 aliphatic rings. The molecule has 6 nitrogen and oxygen atoms in total.